The summed E-state index contributed by atoms with van der Waals surface area (Å²) >= 11 is 0. The van der Waals surface area contributed by atoms with Crippen LogP contribution < -0.4 is 5.73 Å². The Hall–Kier alpha value is -0.940. The van der Waals surface area contributed by atoms with Crippen LogP contribution in [0.4, 0.5) is 0 Å². The van der Waals surface area contributed by atoms with Gasteiger partial charge in [-0.05, 0) is 6.92 Å². The highest BCUT2D eigenvalue weighted by molar-refractivity contribution is 5.02. The lowest BCUT2D eigenvalue weighted by Gasteiger charge is -2.12. The third kappa shape index (κ3) is 2.10. The van der Waals surface area contributed by atoms with E-state index in [-0.39, 0.29) is 5.92 Å². The highest BCUT2D eigenvalue weighted by Gasteiger charge is 2.19. The molecule has 1 rings (SSSR count). The number of aliphatic hydroxyl groups is 1. The smallest absolute Gasteiger partial charge is 0.153 e. The quantitative estimate of drug-likeness (QED) is 0.733. The number of rotatable bonds is 3. The van der Waals surface area contributed by atoms with Gasteiger partial charge in [-0.3, -0.25) is 4.68 Å². The van der Waals surface area contributed by atoms with E-state index in [9.17, 15) is 5.11 Å². The van der Waals surface area contributed by atoms with E-state index >= 15 is 0 Å². The Morgan fingerprint density at radius 2 is 1.93 bits per heavy atom. The third-order valence-electron chi connectivity index (χ3n) is 2.15. The summed E-state index contributed by atoms with van der Waals surface area (Å²) in [4.78, 5) is 4.30. The van der Waals surface area contributed by atoms with Crippen LogP contribution in [0.5, 0.6) is 0 Å². The maximum atomic E-state index is 9.34. The molecule has 5 nitrogen and oxygen atoms in total. The number of nitrogens with zero attached hydrogens (tertiary/aromatic N) is 3. The molecular weight excluding hydrogens is 180 g/mol. The maximum absolute atomic E-state index is 9.34. The number of aliphatic hydroxyl groups excluding tert-OH is 1. The zero-order valence-electron chi connectivity index (χ0n) is 9.10. The number of hydrogen-bond acceptors (Lipinski definition) is 4. The van der Waals surface area contributed by atoms with Crippen LogP contribution in [-0.4, -0.2) is 26.0 Å². The van der Waals surface area contributed by atoms with Gasteiger partial charge in [-0.15, -0.1) is 0 Å². The fourth-order valence-electron chi connectivity index (χ4n) is 1.17. The molecule has 0 aliphatic carbocycles. The first kappa shape index (κ1) is 11.1. The lowest BCUT2D eigenvalue weighted by Crippen LogP contribution is -2.26. The van der Waals surface area contributed by atoms with Gasteiger partial charge in [-0.1, -0.05) is 13.8 Å². The first-order valence-electron chi connectivity index (χ1n) is 4.78. The average molecular weight is 198 g/mol. The summed E-state index contributed by atoms with van der Waals surface area (Å²) < 4.78 is 1.63. The molecule has 0 aliphatic rings. The Morgan fingerprint density at radius 1 is 1.36 bits per heavy atom. The van der Waals surface area contributed by atoms with Crippen molar-refractivity contribution in [2.45, 2.75) is 38.8 Å². The summed E-state index contributed by atoms with van der Waals surface area (Å²) in [5, 5.41) is 13.6. The second-order valence-electron chi connectivity index (χ2n) is 3.87. The van der Waals surface area contributed by atoms with Gasteiger partial charge in [0.25, 0.3) is 0 Å². The summed E-state index contributed by atoms with van der Waals surface area (Å²) in [5.74, 6) is 1.67. The van der Waals surface area contributed by atoms with Crippen LogP contribution >= 0.6 is 0 Å². The summed E-state index contributed by atoms with van der Waals surface area (Å²) in [7, 11) is 1.79. The van der Waals surface area contributed by atoms with Crippen molar-refractivity contribution >= 4 is 0 Å². The summed E-state index contributed by atoms with van der Waals surface area (Å²) in [6.07, 6.45) is -0.613. The number of nitrogens with two attached hydrogens (primary N) is 1. The minimum Gasteiger partial charge on any atom is -0.391 e. The van der Waals surface area contributed by atoms with Crippen LogP contribution in [0, 0.1) is 0 Å². The Labute approximate surface area is 83.9 Å². The van der Waals surface area contributed by atoms with Crippen molar-refractivity contribution in [3.8, 4) is 0 Å². The molecule has 1 aromatic rings. The molecule has 1 heterocycles. The Balaban J connectivity index is 2.98. The number of hydrogen-bond donors (Lipinski definition) is 2. The highest BCUT2D eigenvalue weighted by Crippen LogP contribution is 2.15. The summed E-state index contributed by atoms with van der Waals surface area (Å²) in [6.45, 7) is 5.69. The van der Waals surface area contributed by atoms with Gasteiger partial charge in [0, 0.05) is 13.0 Å². The lowest BCUT2D eigenvalue weighted by atomic mass is 10.2. The zero-order chi connectivity index (χ0) is 10.9. The van der Waals surface area contributed by atoms with Gasteiger partial charge in [0.1, 0.15) is 5.82 Å². The van der Waals surface area contributed by atoms with E-state index in [1.54, 1.807) is 18.7 Å². The molecule has 1 aromatic heterocycles. The van der Waals surface area contributed by atoms with E-state index in [2.05, 4.69) is 10.1 Å². The van der Waals surface area contributed by atoms with Gasteiger partial charge < -0.3 is 10.8 Å². The summed E-state index contributed by atoms with van der Waals surface area (Å²) in [6, 6.07) is -0.472. The third-order valence-corrected chi connectivity index (χ3v) is 2.15. The molecule has 14 heavy (non-hydrogen) atoms. The van der Waals surface area contributed by atoms with Gasteiger partial charge in [0.15, 0.2) is 5.82 Å². The Kier molecular flexibility index (Phi) is 3.23. The van der Waals surface area contributed by atoms with Crippen LogP contribution in [0.2, 0.25) is 0 Å². The standard InChI is InChI=1S/C9H18N4O/c1-5(2)8-11-9(13(4)12-8)7(10)6(3)14/h5-7,14H,10H2,1-4H3. The Morgan fingerprint density at radius 3 is 2.29 bits per heavy atom. The molecule has 0 saturated carbocycles. The van der Waals surface area contributed by atoms with E-state index < -0.39 is 12.1 Å². The van der Waals surface area contributed by atoms with Gasteiger partial charge in [0.2, 0.25) is 0 Å². The fourth-order valence-corrected chi connectivity index (χ4v) is 1.17. The second-order valence-corrected chi connectivity index (χ2v) is 3.87. The van der Waals surface area contributed by atoms with Crippen molar-refractivity contribution in [3.05, 3.63) is 11.6 Å². The molecular formula is C9H18N4O. The molecule has 0 aliphatic heterocycles. The van der Waals surface area contributed by atoms with Gasteiger partial charge in [0.05, 0.1) is 12.1 Å². The van der Waals surface area contributed by atoms with Crippen LogP contribution in [0.25, 0.3) is 0 Å². The van der Waals surface area contributed by atoms with Crippen molar-refractivity contribution in [2.75, 3.05) is 0 Å². The fraction of sp³-hybridized carbons (Fsp3) is 0.778. The molecule has 0 saturated heterocycles. The SMILES string of the molecule is CC(C)c1nc(C(N)C(C)O)n(C)n1. The zero-order valence-corrected chi connectivity index (χ0v) is 9.10. The minimum absolute atomic E-state index is 0.274. The molecule has 5 heteroatoms. The molecule has 0 aromatic carbocycles. The first-order chi connectivity index (χ1) is 6.43. The first-order valence-corrected chi connectivity index (χ1v) is 4.78. The molecule has 2 unspecified atom stereocenters. The van der Waals surface area contributed by atoms with Gasteiger partial charge in [-0.25, -0.2) is 4.98 Å². The van der Waals surface area contributed by atoms with Crippen LogP contribution in [0.15, 0.2) is 0 Å². The monoisotopic (exact) mass is 198 g/mol. The lowest BCUT2D eigenvalue weighted by molar-refractivity contribution is 0.158. The summed E-state index contributed by atoms with van der Waals surface area (Å²) in [5.41, 5.74) is 5.78. The predicted octanol–water partition coefficient (Wildman–Crippen LogP) is 0.319. The normalized spacial score (nSPS) is 15.9. The highest BCUT2D eigenvalue weighted by atomic mass is 16.3. The van der Waals surface area contributed by atoms with E-state index in [0.29, 0.717) is 5.82 Å². The van der Waals surface area contributed by atoms with Crippen molar-refractivity contribution in [1.82, 2.24) is 14.8 Å². The average Bonchev–Trinajstić information content (AvgIpc) is 2.46. The van der Waals surface area contributed by atoms with Crippen LogP contribution in [0.1, 0.15) is 44.4 Å². The topological polar surface area (TPSA) is 77.0 Å². The van der Waals surface area contributed by atoms with Crippen molar-refractivity contribution < 1.29 is 5.11 Å². The molecule has 3 N–H and O–H groups in total. The van der Waals surface area contributed by atoms with Crippen molar-refractivity contribution in [2.24, 2.45) is 12.8 Å². The molecule has 0 spiro atoms. The van der Waals surface area contributed by atoms with Crippen molar-refractivity contribution in [3.63, 3.8) is 0 Å². The molecule has 0 radical (unpaired) electrons. The molecule has 0 fully saturated rings. The second kappa shape index (κ2) is 4.06. The van der Waals surface area contributed by atoms with Crippen LogP contribution in [0.3, 0.4) is 0 Å². The molecule has 0 bridgehead atoms. The minimum atomic E-state index is -0.613. The predicted molar refractivity (Wildman–Crippen MR) is 53.7 cm³/mol. The van der Waals surface area contributed by atoms with E-state index in [0.717, 1.165) is 5.82 Å². The van der Waals surface area contributed by atoms with E-state index in [1.165, 1.54) is 0 Å². The van der Waals surface area contributed by atoms with Gasteiger partial charge in [-0.2, -0.15) is 5.10 Å². The molecule has 80 valence electrons. The van der Waals surface area contributed by atoms with Crippen molar-refractivity contribution in [1.29, 1.82) is 0 Å². The molecule has 0 amide bonds. The largest absolute Gasteiger partial charge is 0.391 e. The Bertz CT molecular complexity index is 306. The number of aromatic nitrogens is 3. The van der Waals surface area contributed by atoms with Crippen LogP contribution in [-0.2, 0) is 7.05 Å². The van der Waals surface area contributed by atoms with E-state index in [1.807, 2.05) is 13.8 Å². The maximum Gasteiger partial charge on any atom is 0.153 e. The number of aryl methyl sites for hydroxylation is 1. The van der Waals surface area contributed by atoms with E-state index in [4.69, 9.17) is 5.73 Å². The van der Waals surface area contributed by atoms with Gasteiger partial charge >= 0.3 is 0 Å². The molecule has 2 atom stereocenters.